The highest BCUT2D eigenvalue weighted by molar-refractivity contribution is 7.10. The highest BCUT2D eigenvalue weighted by atomic mass is 35.5. The highest BCUT2D eigenvalue weighted by Gasteiger charge is 2.52. The maximum Gasteiger partial charge on any atom is 0.159 e. The van der Waals surface area contributed by atoms with Crippen LogP contribution in [0.1, 0.15) is 10.6 Å². The van der Waals surface area contributed by atoms with E-state index in [1.165, 1.54) is 17.4 Å². The molecule has 3 rings (SSSR count). The molecule has 0 bridgehead atoms. The van der Waals surface area contributed by atoms with E-state index in [9.17, 15) is 8.78 Å². The lowest BCUT2D eigenvalue weighted by molar-refractivity contribution is 0.500. The number of hydrogen-bond acceptors (Lipinski definition) is 3. The molecule has 22 heavy (non-hydrogen) atoms. The van der Waals surface area contributed by atoms with Gasteiger partial charge in [-0.25, -0.2) is 13.8 Å². The topological polar surface area (TPSA) is 38.9 Å². The highest BCUT2D eigenvalue weighted by Crippen LogP contribution is 2.55. The molecular formula is C15H10Cl2F2N2S. The van der Waals surface area contributed by atoms with Crippen LogP contribution in [0.25, 0.3) is 0 Å². The van der Waals surface area contributed by atoms with Crippen LogP contribution >= 0.6 is 34.5 Å². The number of halogens is 4. The number of allylic oxidation sites excluding steroid dienone is 3. The van der Waals surface area contributed by atoms with Crippen LogP contribution in [-0.2, 0) is 9.75 Å². The normalized spacial score (nSPS) is 27.7. The Morgan fingerprint density at radius 1 is 1.14 bits per heavy atom. The second kappa shape index (κ2) is 5.33. The Kier molecular flexibility index (Phi) is 3.75. The smallest absolute Gasteiger partial charge is 0.159 e. The molecule has 2 N–H and O–H groups in total. The molecule has 1 aliphatic rings. The monoisotopic (exact) mass is 358 g/mol. The molecule has 0 saturated carbocycles. The van der Waals surface area contributed by atoms with Crippen LogP contribution in [0.2, 0.25) is 0 Å². The first-order chi connectivity index (χ1) is 10.4. The molecule has 2 unspecified atom stereocenters. The Bertz CT molecular complexity index is 776. The van der Waals surface area contributed by atoms with E-state index in [1.807, 2.05) is 0 Å². The van der Waals surface area contributed by atoms with E-state index in [0.717, 1.165) is 12.1 Å². The fourth-order valence-corrected chi connectivity index (χ4v) is 3.99. The van der Waals surface area contributed by atoms with Gasteiger partial charge in [-0.2, -0.15) is 0 Å². The van der Waals surface area contributed by atoms with Crippen molar-refractivity contribution in [3.63, 3.8) is 0 Å². The number of hydrogen-bond donors (Lipinski definition) is 1. The molecule has 7 heteroatoms. The first-order valence-corrected chi connectivity index (χ1v) is 7.91. The summed E-state index contributed by atoms with van der Waals surface area (Å²) in [6.45, 7) is 0. The van der Waals surface area contributed by atoms with Crippen molar-refractivity contribution in [1.82, 2.24) is 4.98 Å². The largest absolute Gasteiger partial charge is 0.399 e. The van der Waals surface area contributed by atoms with Crippen molar-refractivity contribution in [2.75, 3.05) is 0 Å². The fourth-order valence-electron chi connectivity index (χ4n) is 2.36. The van der Waals surface area contributed by atoms with E-state index < -0.39 is 21.4 Å². The van der Waals surface area contributed by atoms with E-state index >= 15 is 0 Å². The average molecular weight is 359 g/mol. The number of nitrogens with zero attached hydrogens (tertiary/aromatic N) is 1. The van der Waals surface area contributed by atoms with Gasteiger partial charge in [-0.05, 0) is 29.8 Å². The molecule has 2 aromatic rings. The number of benzene rings is 1. The Labute approximate surface area is 139 Å². The number of aromatic nitrogens is 1. The molecule has 0 spiro atoms. The van der Waals surface area contributed by atoms with Crippen molar-refractivity contribution in [3.8, 4) is 0 Å². The summed E-state index contributed by atoms with van der Waals surface area (Å²) in [6, 6.07) is 3.45. The lowest BCUT2D eigenvalue weighted by Crippen LogP contribution is -2.40. The second-order valence-corrected chi connectivity index (χ2v) is 6.95. The number of thiazole rings is 1. The molecule has 2 nitrogen and oxygen atoms in total. The molecule has 0 amide bonds. The standard InChI is InChI=1S/C15H10Cl2F2N2S/c16-14(9-1-2-11(18)12(19)7-9)4-3-10(20)8-15(14,17)13-21-5-6-22-13/h1-8H,20H2. The molecule has 0 radical (unpaired) electrons. The summed E-state index contributed by atoms with van der Waals surface area (Å²) < 4.78 is 26.8. The van der Waals surface area contributed by atoms with Crippen LogP contribution in [0.5, 0.6) is 0 Å². The second-order valence-electron chi connectivity index (χ2n) is 4.87. The van der Waals surface area contributed by atoms with Gasteiger partial charge in [0.05, 0.1) is 0 Å². The molecule has 1 heterocycles. The molecule has 0 saturated heterocycles. The lowest BCUT2D eigenvalue weighted by Gasteiger charge is -2.39. The zero-order valence-corrected chi connectivity index (χ0v) is 13.4. The van der Waals surface area contributed by atoms with Gasteiger partial charge >= 0.3 is 0 Å². The number of alkyl halides is 2. The summed E-state index contributed by atoms with van der Waals surface area (Å²) in [7, 11) is 0. The van der Waals surface area contributed by atoms with Gasteiger partial charge in [0.2, 0.25) is 0 Å². The summed E-state index contributed by atoms with van der Waals surface area (Å²) in [5.41, 5.74) is 6.58. The third kappa shape index (κ3) is 2.24. The van der Waals surface area contributed by atoms with Crippen molar-refractivity contribution in [1.29, 1.82) is 0 Å². The average Bonchev–Trinajstić information content (AvgIpc) is 3.01. The van der Waals surface area contributed by atoms with Crippen LogP contribution in [0, 0.1) is 11.6 Å². The van der Waals surface area contributed by atoms with Gasteiger partial charge in [-0.1, -0.05) is 12.1 Å². The van der Waals surface area contributed by atoms with Crippen LogP contribution in [-0.4, -0.2) is 4.98 Å². The van der Waals surface area contributed by atoms with Crippen molar-refractivity contribution in [2.24, 2.45) is 5.73 Å². The zero-order valence-electron chi connectivity index (χ0n) is 11.1. The maximum atomic E-state index is 13.6. The first-order valence-electron chi connectivity index (χ1n) is 6.28. The van der Waals surface area contributed by atoms with Gasteiger partial charge in [0, 0.05) is 17.3 Å². The van der Waals surface area contributed by atoms with Gasteiger partial charge in [-0.15, -0.1) is 34.5 Å². The van der Waals surface area contributed by atoms with Gasteiger partial charge in [0.15, 0.2) is 11.6 Å². The van der Waals surface area contributed by atoms with Crippen molar-refractivity contribution >= 4 is 34.5 Å². The lowest BCUT2D eigenvalue weighted by atomic mass is 9.80. The summed E-state index contributed by atoms with van der Waals surface area (Å²) in [5, 5.41) is 2.27. The van der Waals surface area contributed by atoms with Crippen LogP contribution in [0.15, 0.2) is 53.7 Å². The van der Waals surface area contributed by atoms with Gasteiger partial charge in [-0.3, -0.25) is 0 Å². The molecule has 1 aliphatic carbocycles. The predicted molar refractivity (Wildman–Crippen MR) is 84.9 cm³/mol. The Hall–Kier alpha value is -1.43. The van der Waals surface area contributed by atoms with Crippen molar-refractivity contribution in [3.05, 3.63) is 75.9 Å². The number of rotatable bonds is 2. The SMILES string of the molecule is NC1=CC(Cl)(c2nccs2)C(Cl)(c2ccc(F)c(F)c2)C=C1. The van der Waals surface area contributed by atoms with Crippen LogP contribution in [0.3, 0.4) is 0 Å². The van der Waals surface area contributed by atoms with E-state index in [2.05, 4.69) is 4.98 Å². The Balaban J connectivity index is 2.22. The third-order valence-corrected chi connectivity index (χ3v) is 5.83. The van der Waals surface area contributed by atoms with Crippen molar-refractivity contribution in [2.45, 2.75) is 9.75 Å². The van der Waals surface area contributed by atoms with Gasteiger partial charge in [0.1, 0.15) is 14.8 Å². The van der Waals surface area contributed by atoms with E-state index in [4.69, 9.17) is 28.9 Å². The molecule has 2 atom stereocenters. The molecule has 1 aromatic heterocycles. The van der Waals surface area contributed by atoms with E-state index in [0.29, 0.717) is 16.3 Å². The minimum atomic E-state index is -1.34. The minimum Gasteiger partial charge on any atom is -0.399 e. The Morgan fingerprint density at radius 3 is 2.55 bits per heavy atom. The molecular weight excluding hydrogens is 349 g/mol. The molecule has 0 fully saturated rings. The first kappa shape index (κ1) is 15.5. The maximum absolute atomic E-state index is 13.6. The fraction of sp³-hybridized carbons (Fsp3) is 0.133. The summed E-state index contributed by atoms with van der Waals surface area (Å²) in [5.74, 6) is -1.94. The quantitative estimate of drug-likeness (QED) is 0.808. The summed E-state index contributed by atoms with van der Waals surface area (Å²) >= 11 is 14.8. The molecule has 114 valence electrons. The summed E-state index contributed by atoms with van der Waals surface area (Å²) in [4.78, 5) is 1.56. The predicted octanol–water partition coefficient (Wildman–Crippen LogP) is 4.40. The van der Waals surface area contributed by atoms with Crippen molar-refractivity contribution < 1.29 is 8.78 Å². The zero-order chi connectivity index (χ0) is 16.0. The third-order valence-electron chi connectivity index (χ3n) is 3.48. The molecule has 0 aliphatic heterocycles. The van der Waals surface area contributed by atoms with Crippen LogP contribution in [0.4, 0.5) is 8.78 Å². The Morgan fingerprint density at radius 2 is 1.91 bits per heavy atom. The van der Waals surface area contributed by atoms with Gasteiger partial charge in [0.25, 0.3) is 0 Å². The summed E-state index contributed by atoms with van der Waals surface area (Å²) in [6.07, 6.45) is 6.32. The van der Waals surface area contributed by atoms with Gasteiger partial charge < -0.3 is 5.73 Å². The van der Waals surface area contributed by atoms with E-state index in [-0.39, 0.29) is 0 Å². The minimum absolute atomic E-state index is 0.318. The van der Waals surface area contributed by atoms with E-state index in [1.54, 1.807) is 29.8 Å². The number of nitrogens with two attached hydrogens (primary N) is 1. The van der Waals surface area contributed by atoms with Crippen LogP contribution < -0.4 is 5.73 Å². The molecule has 1 aromatic carbocycles.